The van der Waals surface area contributed by atoms with Crippen molar-refractivity contribution in [3.05, 3.63) is 72.2 Å². The van der Waals surface area contributed by atoms with Gasteiger partial charge in [0.15, 0.2) is 22.2 Å². The first-order valence-electron chi connectivity index (χ1n) is 8.00. The fourth-order valence-corrected chi connectivity index (χ4v) is 3.46. The maximum atomic E-state index is 12.3. The van der Waals surface area contributed by atoms with E-state index in [0.717, 1.165) is 5.56 Å². The minimum Gasteiger partial charge on any atom is -0.452 e. The van der Waals surface area contributed by atoms with Crippen LogP contribution in [0.15, 0.2) is 70.1 Å². The lowest BCUT2D eigenvalue weighted by atomic mass is 10.2. The number of ether oxygens (including phenoxy) is 1. The van der Waals surface area contributed by atoms with Gasteiger partial charge in [-0.1, -0.05) is 49.4 Å². The highest BCUT2D eigenvalue weighted by Crippen LogP contribution is 2.21. The predicted molar refractivity (Wildman–Crippen MR) is 95.2 cm³/mol. The number of rotatable bonds is 6. The maximum absolute atomic E-state index is 12.3. The lowest BCUT2D eigenvalue weighted by molar-refractivity contribution is 0.0434. The number of sulfone groups is 1. The number of hydrogen-bond donors (Lipinski definition) is 0. The first-order chi connectivity index (χ1) is 12.5. The Morgan fingerprint density at radius 3 is 2.50 bits per heavy atom. The van der Waals surface area contributed by atoms with Gasteiger partial charge in [-0.3, -0.25) is 0 Å². The number of benzene rings is 2. The van der Waals surface area contributed by atoms with Crippen LogP contribution < -0.4 is 0 Å². The zero-order valence-electron chi connectivity index (χ0n) is 14.1. The summed E-state index contributed by atoms with van der Waals surface area (Å²) < 4.78 is 35.0. The van der Waals surface area contributed by atoms with E-state index < -0.39 is 15.8 Å². The van der Waals surface area contributed by atoms with Crippen molar-refractivity contribution in [2.45, 2.75) is 18.4 Å². The molecule has 0 atom stereocenters. The Morgan fingerprint density at radius 1 is 1.08 bits per heavy atom. The van der Waals surface area contributed by atoms with Gasteiger partial charge in [-0.2, -0.15) is 0 Å². The normalized spacial score (nSPS) is 11.3. The highest BCUT2D eigenvalue weighted by molar-refractivity contribution is 7.91. The van der Waals surface area contributed by atoms with Crippen molar-refractivity contribution in [2.24, 2.45) is 0 Å². The van der Waals surface area contributed by atoms with Gasteiger partial charge in [-0.25, -0.2) is 18.2 Å². The molecule has 26 heavy (non-hydrogen) atoms. The predicted octanol–water partition coefficient (Wildman–Crippen LogP) is 3.49. The number of oxazole rings is 1. The van der Waals surface area contributed by atoms with Crippen molar-refractivity contribution >= 4 is 15.8 Å². The molecule has 6 nitrogen and oxygen atoms in total. The molecule has 0 aliphatic heterocycles. The van der Waals surface area contributed by atoms with Crippen molar-refractivity contribution in [1.29, 1.82) is 0 Å². The van der Waals surface area contributed by atoms with Gasteiger partial charge in [-0.15, -0.1) is 0 Å². The van der Waals surface area contributed by atoms with Crippen molar-refractivity contribution in [2.75, 3.05) is 5.75 Å². The monoisotopic (exact) mass is 371 g/mol. The molecular formula is C19H17NO5S. The second kappa shape index (κ2) is 7.53. The molecule has 0 aliphatic carbocycles. The first kappa shape index (κ1) is 17.9. The Kier molecular flexibility index (Phi) is 5.18. The van der Waals surface area contributed by atoms with Crippen LogP contribution in [0.3, 0.4) is 0 Å². The van der Waals surface area contributed by atoms with Crippen LogP contribution in [0.1, 0.15) is 23.2 Å². The van der Waals surface area contributed by atoms with E-state index in [9.17, 15) is 13.2 Å². The fourth-order valence-electron chi connectivity index (χ4n) is 2.38. The molecule has 1 aromatic heterocycles. The summed E-state index contributed by atoms with van der Waals surface area (Å²) in [5.41, 5.74) is 0.862. The number of aromatic nitrogens is 1. The molecule has 0 spiro atoms. The standard InChI is InChI=1S/C19H17NO5S/c1-2-26(22,23)17-11-7-6-10-15(17)19(21)24-13-18-20-12-16(25-18)14-8-4-3-5-9-14/h3-12H,2,13H2,1H3. The quantitative estimate of drug-likeness (QED) is 0.617. The van der Waals surface area contributed by atoms with E-state index >= 15 is 0 Å². The van der Waals surface area contributed by atoms with Gasteiger partial charge in [0.25, 0.3) is 0 Å². The highest BCUT2D eigenvalue weighted by atomic mass is 32.2. The minimum atomic E-state index is -3.53. The summed E-state index contributed by atoms with van der Waals surface area (Å²) in [6.07, 6.45) is 1.55. The third-order valence-electron chi connectivity index (χ3n) is 3.76. The highest BCUT2D eigenvalue weighted by Gasteiger charge is 2.22. The average molecular weight is 371 g/mol. The summed E-state index contributed by atoms with van der Waals surface area (Å²) in [4.78, 5) is 16.4. The molecule has 0 bridgehead atoms. The van der Waals surface area contributed by atoms with Gasteiger partial charge in [0.1, 0.15) is 0 Å². The molecule has 0 aliphatic rings. The van der Waals surface area contributed by atoms with Gasteiger partial charge < -0.3 is 9.15 Å². The molecule has 0 fully saturated rings. The minimum absolute atomic E-state index is 0.00388. The molecule has 0 saturated carbocycles. The molecule has 0 amide bonds. The summed E-state index contributed by atoms with van der Waals surface area (Å²) >= 11 is 0. The van der Waals surface area contributed by atoms with Crippen LogP contribution >= 0.6 is 0 Å². The van der Waals surface area contributed by atoms with Crippen molar-refractivity contribution in [3.63, 3.8) is 0 Å². The van der Waals surface area contributed by atoms with E-state index in [4.69, 9.17) is 9.15 Å². The summed E-state index contributed by atoms with van der Waals surface area (Å²) in [6, 6.07) is 15.4. The lowest BCUT2D eigenvalue weighted by Crippen LogP contribution is -2.13. The van der Waals surface area contributed by atoms with Crippen LogP contribution in [-0.4, -0.2) is 25.1 Å². The van der Waals surface area contributed by atoms with E-state index in [1.165, 1.54) is 19.1 Å². The van der Waals surface area contributed by atoms with E-state index in [-0.39, 0.29) is 28.7 Å². The van der Waals surface area contributed by atoms with Crippen molar-refractivity contribution < 1.29 is 22.4 Å². The molecule has 0 N–H and O–H groups in total. The Labute approximate surface area is 151 Å². The maximum Gasteiger partial charge on any atom is 0.339 e. The zero-order valence-corrected chi connectivity index (χ0v) is 14.9. The summed E-state index contributed by atoms with van der Waals surface area (Å²) in [5, 5.41) is 0. The van der Waals surface area contributed by atoms with Crippen LogP contribution in [0.5, 0.6) is 0 Å². The molecule has 7 heteroatoms. The van der Waals surface area contributed by atoms with Crippen LogP contribution in [0.4, 0.5) is 0 Å². The number of carbonyl (C=O) groups is 1. The van der Waals surface area contributed by atoms with Crippen LogP contribution in [0.2, 0.25) is 0 Å². The Morgan fingerprint density at radius 2 is 1.77 bits per heavy atom. The molecule has 0 saturated heterocycles. The molecule has 3 aromatic rings. The van der Waals surface area contributed by atoms with Gasteiger partial charge in [0, 0.05) is 5.56 Å². The zero-order chi connectivity index (χ0) is 18.6. The molecule has 3 rings (SSSR count). The van der Waals surface area contributed by atoms with Crippen LogP contribution in [0.25, 0.3) is 11.3 Å². The Bertz CT molecular complexity index is 1010. The summed E-state index contributed by atoms with van der Waals surface area (Å²) in [7, 11) is -3.53. The summed E-state index contributed by atoms with van der Waals surface area (Å²) in [5.74, 6) is -0.0481. The third-order valence-corrected chi connectivity index (χ3v) is 5.55. The van der Waals surface area contributed by atoms with Gasteiger partial charge >= 0.3 is 5.97 Å². The number of hydrogen-bond acceptors (Lipinski definition) is 6. The smallest absolute Gasteiger partial charge is 0.339 e. The fraction of sp³-hybridized carbons (Fsp3) is 0.158. The van der Waals surface area contributed by atoms with E-state index in [0.29, 0.717) is 5.76 Å². The second-order valence-electron chi connectivity index (χ2n) is 5.46. The molecule has 2 aromatic carbocycles. The van der Waals surface area contributed by atoms with Crippen molar-refractivity contribution in [3.8, 4) is 11.3 Å². The van der Waals surface area contributed by atoms with Gasteiger partial charge in [0.05, 0.1) is 22.4 Å². The molecule has 134 valence electrons. The molecule has 0 radical (unpaired) electrons. The summed E-state index contributed by atoms with van der Waals surface area (Å²) in [6.45, 7) is 1.33. The lowest BCUT2D eigenvalue weighted by Gasteiger charge is -2.08. The largest absolute Gasteiger partial charge is 0.452 e. The number of nitrogens with zero attached hydrogens (tertiary/aromatic N) is 1. The van der Waals surface area contributed by atoms with E-state index in [1.54, 1.807) is 18.3 Å². The van der Waals surface area contributed by atoms with Gasteiger partial charge in [-0.05, 0) is 12.1 Å². The molecule has 0 unspecified atom stereocenters. The molecule has 1 heterocycles. The number of esters is 1. The van der Waals surface area contributed by atoms with E-state index in [2.05, 4.69) is 4.98 Å². The first-order valence-corrected chi connectivity index (χ1v) is 9.65. The second-order valence-corrected chi connectivity index (χ2v) is 7.71. The van der Waals surface area contributed by atoms with Crippen LogP contribution in [0, 0.1) is 0 Å². The van der Waals surface area contributed by atoms with Gasteiger partial charge in [0.2, 0.25) is 5.89 Å². The van der Waals surface area contributed by atoms with Crippen LogP contribution in [-0.2, 0) is 21.2 Å². The van der Waals surface area contributed by atoms with Crippen molar-refractivity contribution in [1.82, 2.24) is 4.98 Å². The SMILES string of the molecule is CCS(=O)(=O)c1ccccc1C(=O)OCc1ncc(-c2ccccc2)o1. The number of carbonyl (C=O) groups excluding carboxylic acids is 1. The Hall–Kier alpha value is -2.93. The molecular weight excluding hydrogens is 354 g/mol. The third kappa shape index (κ3) is 3.83. The Balaban J connectivity index is 1.74. The topological polar surface area (TPSA) is 86.5 Å². The average Bonchev–Trinajstić information content (AvgIpc) is 3.16. The van der Waals surface area contributed by atoms with E-state index in [1.807, 2.05) is 30.3 Å².